The number of nitrogens with one attached hydrogen (secondary N) is 1. The van der Waals surface area contributed by atoms with Crippen molar-refractivity contribution >= 4 is 46.7 Å². The van der Waals surface area contributed by atoms with Crippen molar-refractivity contribution in [3.05, 3.63) is 54.6 Å². The number of hydrogen-bond donors (Lipinski definition) is 2. The van der Waals surface area contributed by atoms with Crippen LogP contribution in [0.4, 0.5) is 11.4 Å². The SMILES string of the molecule is Oc1ccccc1N=C(Nc1ccccc1)SI. The molecule has 0 fully saturated rings. The lowest BCUT2D eigenvalue weighted by atomic mass is 10.3. The third-order valence-corrected chi connectivity index (χ3v) is 3.79. The number of halogens is 1. The van der Waals surface area contributed by atoms with Gasteiger partial charge in [0.2, 0.25) is 0 Å². The Morgan fingerprint density at radius 3 is 2.39 bits per heavy atom. The van der Waals surface area contributed by atoms with Crippen LogP contribution in [-0.2, 0) is 0 Å². The fourth-order valence-corrected chi connectivity index (χ4v) is 2.29. The molecule has 5 heteroatoms. The van der Waals surface area contributed by atoms with E-state index >= 15 is 0 Å². The topological polar surface area (TPSA) is 44.6 Å². The smallest absolute Gasteiger partial charge is 0.176 e. The molecule has 0 saturated heterocycles. The number of phenols is 1. The quantitative estimate of drug-likeness (QED) is 0.462. The Labute approximate surface area is 122 Å². The van der Waals surface area contributed by atoms with E-state index in [0.29, 0.717) is 5.69 Å². The second-order valence-electron chi connectivity index (χ2n) is 3.47. The van der Waals surface area contributed by atoms with Gasteiger partial charge < -0.3 is 10.4 Å². The zero-order valence-electron chi connectivity index (χ0n) is 9.38. The first kappa shape index (κ1) is 13.2. The number of aliphatic imine (C=N–C) groups is 1. The van der Waals surface area contributed by atoms with Crippen molar-refractivity contribution < 1.29 is 5.11 Å². The monoisotopic (exact) mass is 370 g/mol. The summed E-state index contributed by atoms with van der Waals surface area (Å²) < 4.78 is 0. The second-order valence-corrected chi connectivity index (χ2v) is 5.34. The molecule has 0 unspecified atom stereocenters. The summed E-state index contributed by atoms with van der Waals surface area (Å²) in [5.74, 6) is 0.176. The Balaban J connectivity index is 2.21. The zero-order valence-corrected chi connectivity index (χ0v) is 12.4. The molecule has 2 aromatic carbocycles. The highest BCUT2D eigenvalue weighted by Crippen LogP contribution is 2.28. The van der Waals surface area contributed by atoms with Crippen molar-refractivity contribution in [3.63, 3.8) is 0 Å². The normalized spacial score (nSPS) is 11.3. The van der Waals surface area contributed by atoms with E-state index in [2.05, 4.69) is 31.5 Å². The first-order valence-corrected chi connectivity index (χ1v) is 8.63. The molecule has 0 atom stereocenters. The van der Waals surface area contributed by atoms with Gasteiger partial charge in [0.1, 0.15) is 11.4 Å². The van der Waals surface area contributed by atoms with Gasteiger partial charge in [0.05, 0.1) is 0 Å². The van der Waals surface area contributed by atoms with Crippen LogP contribution in [0, 0.1) is 0 Å². The van der Waals surface area contributed by atoms with Gasteiger partial charge in [-0.1, -0.05) is 30.3 Å². The molecular weight excluding hydrogens is 359 g/mol. The van der Waals surface area contributed by atoms with E-state index in [4.69, 9.17) is 0 Å². The van der Waals surface area contributed by atoms with E-state index in [1.54, 1.807) is 18.2 Å². The van der Waals surface area contributed by atoms with Crippen LogP contribution < -0.4 is 5.32 Å². The number of amidine groups is 1. The molecule has 0 bridgehead atoms. The predicted molar refractivity (Wildman–Crippen MR) is 86.9 cm³/mol. The minimum Gasteiger partial charge on any atom is -0.506 e. The second kappa shape index (κ2) is 6.65. The molecule has 0 amide bonds. The van der Waals surface area contributed by atoms with Crippen molar-refractivity contribution in [1.82, 2.24) is 0 Å². The number of benzene rings is 2. The maximum Gasteiger partial charge on any atom is 0.176 e. The minimum atomic E-state index is 0.176. The largest absolute Gasteiger partial charge is 0.506 e. The Morgan fingerprint density at radius 1 is 1.06 bits per heavy atom. The van der Waals surface area contributed by atoms with Gasteiger partial charge in [-0.15, -0.1) is 0 Å². The highest BCUT2D eigenvalue weighted by Gasteiger charge is 2.02. The van der Waals surface area contributed by atoms with Crippen LogP contribution in [-0.4, -0.2) is 10.3 Å². The molecule has 0 aliphatic rings. The van der Waals surface area contributed by atoms with Crippen molar-refractivity contribution in [1.29, 1.82) is 0 Å². The number of phenolic OH excluding ortho intramolecular Hbond substituents is 1. The Kier molecular flexibility index (Phi) is 4.89. The summed E-state index contributed by atoms with van der Waals surface area (Å²) in [5.41, 5.74) is 1.52. The lowest BCUT2D eigenvalue weighted by Gasteiger charge is -2.06. The summed E-state index contributed by atoms with van der Waals surface area (Å²) in [6.07, 6.45) is 0. The maximum absolute atomic E-state index is 9.67. The molecule has 0 aromatic heterocycles. The summed E-state index contributed by atoms with van der Waals surface area (Å²) in [6.45, 7) is 0. The Bertz CT molecular complexity index is 546. The van der Waals surface area contributed by atoms with E-state index in [0.717, 1.165) is 10.9 Å². The Hall–Kier alpha value is -1.21. The molecule has 3 nitrogen and oxygen atoms in total. The van der Waals surface area contributed by atoms with E-state index in [1.807, 2.05) is 36.4 Å². The molecule has 18 heavy (non-hydrogen) atoms. The number of hydrogen-bond acceptors (Lipinski definition) is 3. The van der Waals surface area contributed by atoms with Crippen molar-refractivity contribution in [2.24, 2.45) is 4.99 Å². The van der Waals surface area contributed by atoms with E-state index in [9.17, 15) is 5.11 Å². The molecule has 0 radical (unpaired) electrons. The summed E-state index contributed by atoms with van der Waals surface area (Å²) in [4.78, 5) is 4.38. The third-order valence-electron chi connectivity index (χ3n) is 2.20. The van der Waals surface area contributed by atoms with Crippen LogP contribution in [0.3, 0.4) is 0 Å². The molecule has 0 heterocycles. The van der Waals surface area contributed by atoms with Gasteiger partial charge in [-0.2, -0.15) is 0 Å². The lowest BCUT2D eigenvalue weighted by molar-refractivity contribution is 0.477. The number of para-hydroxylation sites is 3. The fraction of sp³-hybridized carbons (Fsp3) is 0. The highest BCUT2D eigenvalue weighted by atomic mass is 127. The average Bonchev–Trinajstić information content (AvgIpc) is 2.41. The number of aromatic hydroxyl groups is 1. The molecule has 2 N–H and O–H groups in total. The average molecular weight is 370 g/mol. The van der Waals surface area contributed by atoms with Crippen molar-refractivity contribution in [3.8, 4) is 5.75 Å². The van der Waals surface area contributed by atoms with Gasteiger partial charge in [0.25, 0.3) is 0 Å². The third kappa shape index (κ3) is 3.64. The molecular formula is C13H11IN2OS. The van der Waals surface area contributed by atoms with Crippen LogP contribution in [0.1, 0.15) is 0 Å². The Morgan fingerprint density at radius 2 is 1.72 bits per heavy atom. The van der Waals surface area contributed by atoms with Gasteiger partial charge in [-0.25, -0.2) is 4.99 Å². The standard InChI is InChI=1S/C13H11IN2OS/c14-18-13(15-10-6-2-1-3-7-10)16-11-8-4-5-9-12(11)17/h1-9,17H,(H,15,16). The number of anilines is 1. The maximum atomic E-state index is 9.67. The fourth-order valence-electron chi connectivity index (χ4n) is 1.38. The van der Waals surface area contributed by atoms with Crippen LogP contribution in [0.15, 0.2) is 59.6 Å². The highest BCUT2D eigenvalue weighted by molar-refractivity contribution is 14.2. The molecule has 0 aliphatic carbocycles. The number of nitrogens with zero attached hydrogens (tertiary/aromatic N) is 1. The van der Waals surface area contributed by atoms with E-state index in [1.165, 1.54) is 8.93 Å². The van der Waals surface area contributed by atoms with Gasteiger partial charge in [0, 0.05) is 26.9 Å². The van der Waals surface area contributed by atoms with Crippen molar-refractivity contribution in [2.45, 2.75) is 0 Å². The first-order valence-electron chi connectivity index (χ1n) is 5.27. The van der Waals surface area contributed by atoms with Crippen LogP contribution >= 0.6 is 30.1 Å². The van der Waals surface area contributed by atoms with E-state index in [-0.39, 0.29) is 5.75 Å². The molecule has 0 saturated carbocycles. The molecule has 0 aliphatic heterocycles. The van der Waals surface area contributed by atoms with Crippen LogP contribution in [0.25, 0.3) is 0 Å². The lowest BCUT2D eigenvalue weighted by Crippen LogP contribution is -2.05. The molecule has 92 valence electrons. The summed E-state index contributed by atoms with van der Waals surface area (Å²) >= 11 is 2.16. The molecule has 0 spiro atoms. The van der Waals surface area contributed by atoms with Gasteiger partial charge >= 0.3 is 0 Å². The van der Waals surface area contributed by atoms with Crippen molar-refractivity contribution in [2.75, 3.05) is 5.32 Å². The molecule has 2 aromatic rings. The van der Waals surface area contributed by atoms with Gasteiger partial charge in [-0.3, -0.25) is 0 Å². The minimum absolute atomic E-state index is 0.176. The van der Waals surface area contributed by atoms with E-state index < -0.39 is 0 Å². The predicted octanol–water partition coefficient (Wildman–Crippen LogP) is 4.58. The summed E-state index contributed by atoms with van der Waals surface area (Å²) in [5, 5.41) is 13.6. The zero-order chi connectivity index (χ0) is 12.8. The summed E-state index contributed by atoms with van der Waals surface area (Å²) in [7, 11) is 1.47. The van der Waals surface area contributed by atoms with Crippen LogP contribution in [0.5, 0.6) is 5.75 Å². The molecule has 2 rings (SSSR count). The van der Waals surface area contributed by atoms with Gasteiger partial charge in [0.15, 0.2) is 5.17 Å². The van der Waals surface area contributed by atoms with Crippen LogP contribution in [0.2, 0.25) is 0 Å². The number of rotatable bonds is 2. The summed E-state index contributed by atoms with van der Waals surface area (Å²) in [6, 6.07) is 16.8. The first-order chi connectivity index (χ1) is 8.79. The van der Waals surface area contributed by atoms with Gasteiger partial charge in [-0.05, 0) is 33.2 Å².